The van der Waals surface area contributed by atoms with Crippen LogP contribution in [0.25, 0.3) is 0 Å². The summed E-state index contributed by atoms with van der Waals surface area (Å²) in [4.78, 5) is 48.8. The maximum Gasteiger partial charge on any atom is 0.328 e. The number of ether oxygens (including phenoxy) is 1. The van der Waals surface area contributed by atoms with Crippen LogP contribution in [0, 0.1) is 0 Å². The smallest absolute Gasteiger partial charge is 0.328 e. The van der Waals surface area contributed by atoms with E-state index in [1.54, 1.807) is 6.92 Å². The Morgan fingerprint density at radius 1 is 1.31 bits per heavy atom. The number of carbonyl (C=O) groups is 4. The number of hydrogen-bond donors (Lipinski definition) is 3. The van der Waals surface area contributed by atoms with Crippen LogP contribution < -0.4 is 10.6 Å². The van der Waals surface area contributed by atoms with Crippen LogP contribution in [-0.2, 0) is 25.5 Å². The Bertz CT molecular complexity index is 730. The van der Waals surface area contributed by atoms with Gasteiger partial charge >= 0.3 is 18.0 Å². The molecule has 3 N–H and O–H groups in total. The lowest BCUT2D eigenvalue weighted by molar-refractivity contribution is -0.148. The number of nitrogens with zero attached hydrogens (tertiary/aromatic N) is 1. The number of aryl methyl sites for hydroxylation is 1. The van der Waals surface area contributed by atoms with Crippen molar-refractivity contribution < 1.29 is 29.0 Å². The molecule has 0 radical (unpaired) electrons. The van der Waals surface area contributed by atoms with Crippen molar-refractivity contribution >= 4 is 36.3 Å². The van der Waals surface area contributed by atoms with Gasteiger partial charge in [0.15, 0.2) is 6.04 Å². The summed E-state index contributed by atoms with van der Waals surface area (Å²) in [5, 5.41) is 14.4. The molecule has 1 aromatic rings. The predicted octanol–water partition coefficient (Wildman–Crippen LogP) is 0.956. The van der Waals surface area contributed by atoms with E-state index in [1.165, 1.54) is 6.92 Å². The van der Waals surface area contributed by atoms with Gasteiger partial charge in [-0.3, -0.25) is 14.9 Å². The van der Waals surface area contributed by atoms with Crippen molar-refractivity contribution in [3.05, 3.63) is 35.9 Å². The molecule has 1 aliphatic heterocycles. The third-order valence-electron chi connectivity index (χ3n) is 4.46. The highest BCUT2D eigenvalue weighted by Crippen LogP contribution is 2.12. The number of rotatable bonds is 9. The molecule has 160 valence electrons. The summed E-state index contributed by atoms with van der Waals surface area (Å²) in [5.74, 6) is -2.49. The Hall–Kier alpha value is -2.65. The second-order valence-corrected chi connectivity index (χ2v) is 6.47. The minimum absolute atomic E-state index is 0. The monoisotopic (exact) mass is 427 g/mol. The van der Waals surface area contributed by atoms with Crippen LogP contribution in [0.3, 0.4) is 0 Å². The zero-order valence-electron chi connectivity index (χ0n) is 16.3. The van der Waals surface area contributed by atoms with E-state index in [4.69, 9.17) is 4.74 Å². The first-order valence-corrected chi connectivity index (χ1v) is 9.15. The average molecular weight is 428 g/mol. The molecule has 1 aromatic carbocycles. The topological polar surface area (TPSA) is 125 Å². The zero-order valence-corrected chi connectivity index (χ0v) is 17.1. The lowest BCUT2D eigenvalue weighted by atomic mass is 10.0. The van der Waals surface area contributed by atoms with Crippen LogP contribution in [0.1, 0.15) is 25.8 Å². The van der Waals surface area contributed by atoms with Crippen LogP contribution in [0.4, 0.5) is 4.79 Å². The number of carboxylic acids is 1. The number of urea groups is 1. The summed E-state index contributed by atoms with van der Waals surface area (Å²) in [5.41, 5.74) is 1.03. The van der Waals surface area contributed by atoms with Crippen LogP contribution >= 0.6 is 12.4 Å². The number of hydrogen-bond acceptors (Lipinski definition) is 6. The number of halogens is 1. The molecule has 0 spiro atoms. The van der Waals surface area contributed by atoms with Crippen molar-refractivity contribution in [1.29, 1.82) is 0 Å². The van der Waals surface area contributed by atoms with Crippen LogP contribution in [0.15, 0.2) is 30.3 Å². The van der Waals surface area contributed by atoms with Crippen molar-refractivity contribution in [3.8, 4) is 0 Å². The fraction of sp³-hybridized carbons (Fsp3) is 0.474. The standard InChI is InChI=1S/C19H25N3O6.ClH/c1-3-28-18(26)14(10-9-13-7-5-4-6-8-13)21-12(2)16(23)22-15(17(24)25)11-20-19(22)27;/h4-8,12,14-15,21H,3,9-11H2,1-2H3,(H,20,27)(H,24,25);1H/t12-,14-,15?;/m0./s1. The summed E-state index contributed by atoms with van der Waals surface area (Å²) in [6, 6.07) is 5.80. The number of esters is 1. The van der Waals surface area contributed by atoms with Gasteiger partial charge in [0, 0.05) is 0 Å². The Morgan fingerprint density at radius 3 is 2.55 bits per heavy atom. The largest absolute Gasteiger partial charge is 0.480 e. The van der Waals surface area contributed by atoms with Crippen LogP contribution in [-0.4, -0.2) is 65.2 Å². The van der Waals surface area contributed by atoms with E-state index in [0.29, 0.717) is 17.7 Å². The van der Waals surface area contributed by atoms with Gasteiger partial charge in [-0.15, -0.1) is 12.4 Å². The first kappa shape index (κ1) is 24.4. The summed E-state index contributed by atoms with van der Waals surface area (Å²) >= 11 is 0. The minimum atomic E-state index is -1.27. The van der Waals surface area contributed by atoms with Gasteiger partial charge in [-0.25, -0.2) is 14.5 Å². The molecule has 3 atom stereocenters. The molecule has 9 nitrogen and oxygen atoms in total. The van der Waals surface area contributed by atoms with Crippen molar-refractivity contribution in [3.63, 3.8) is 0 Å². The fourth-order valence-electron chi connectivity index (χ4n) is 3.00. The molecule has 1 fully saturated rings. The molecule has 1 heterocycles. The SMILES string of the molecule is CCOC(=O)[C@H](CCc1ccccc1)N[C@@H](C)C(=O)N1C(=O)NCC1C(=O)O.Cl. The van der Waals surface area contributed by atoms with E-state index in [-0.39, 0.29) is 25.6 Å². The molecule has 1 unspecified atom stereocenters. The van der Waals surface area contributed by atoms with E-state index in [2.05, 4.69) is 10.6 Å². The molecule has 10 heteroatoms. The molecule has 0 bridgehead atoms. The highest BCUT2D eigenvalue weighted by atomic mass is 35.5. The van der Waals surface area contributed by atoms with Crippen LogP contribution in [0.5, 0.6) is 0 Å². The van der Waals surface area contributed by atoms with Gasteiger partial charge in [-0.1, -0.05) is 30.3 Å². The molecule has 0 aromatic heterocycles. The molecule has 2 rings (SSSR count). The van der Waals surface area contributed by atoms with E-state index in [1.807, 2.05) is 30.3 Å². The van der Waals surface area contributed by atoms with Gasteiger partial charge in [0.25, 0.3) is 0 Å². The van der Waals surface area contributed by atoms with Crippen molar-refractivity contribution in [2.45, 2.75) is 44.8 Å². The summed E-state index contributed by atoms with van der Waals surface area (Å²) in [6.45, 7) is 3.22. The van der Waals surface area contributed by atoms with Gasteiger partial charge in [0.2, 0.25) is 5.91 Å². The maximum atomic E-state index is 12.6. The third-order valence-corrected chi connectivity index (χ3v) is 4.46. The van der Waals surface area contributed by atoms with Gasteiger partial charge in [-0.05, 0) is 32.3 Å². The van der Waals surface area contributed by atoms with Gasteiger partial charge < -0.3 is 15.2 Å². The summed E-state index contributed by atoms with van der Waals surface area (Å²) in [6.07, 6.45) is 0.967. The molecule has 3 amide bonds. The first-order chi connectivity index (χ1) is 13.3. The highest BCUT2D eigenvalue weighted by molar-refractivity contribution is 6.02. The molecule has 29 heavy (non-hydrogen) atoms. The zero-order chi connectivity index (χ0) is 20.7. The Kier molecular flexibility index (Phi) is 9.57. The molecule has 0 saturated carbocycles. The Morgan fingerprint density at radius 2 is 1.97 bits per heavy atom. The van der Waals surface area contributed by atoms with Crippen molar-refractivity contribution in [2.24, 2.45) is 0 Å². The normalized spacial score (nSPS) is 17.7. The third kappa shape index (κ3) is 6.43. The molecule has 1 saturated heterocycles. The molecular weight excluding hydrogens is 402 g/mol. The Labute approximate surface area is 175 Å². The number of imide groups is 1. The first-order valence-electron chi connectivity index (χ1n) is 9.15. The lowest BCUT2D eigenvalue weighted by Crippen LogP contribution is -2.54. The number of nitrogens with one attached hydrogen (secondary N) is 2. The van der Waals surface area contributed by atoms with Crippen molar-refractivity contribution in [1.82, 2.24) is 15.5 Å². The number of aliphatic carboxylic acids is 1. The quantitative estimate of drug-likeness (QED) is 0.501. The van der Waals surface area contributed by atoms with Crippen LogP contribution in [0.2, 0.25) is 0 Å². The second-order valence-electron chi connectivity index (χ2n) is 6.47. The van der Waals surface area contributed by atoms with E-state index >= 15 is 0 Å². The molecule has 0 aliphatic carbocycles. The molecule has 1 aliphatic rings. The second kappa shape index (κ2) is 11.4. The van der Waals surface area contributed by atoms with E-state index in [0.717, 1.165) is 5.56 Å². The van der Waals surface area contributed by atoms with E-state index in [9.17, 15) is 24.3 Å². The Balaban J connectivity index is 0.00000420. The number of carbonyl (C=O) groups excluding carboxylic acids is 3. The molecular formula is C19H26ClN3O6. The highest BCUT2D eigenvalue weighted by Gasteiger charge is 2.42. The van der Waals surface area contributed by atoms with Gasteiger partial charge in [-0.2, -0.15) is 0 Å². The average Bonchev–Trinajstić information content (AvgIpc) is 3.07. The predicted molar refractivity (Wildman–Crippen MR) is 107 cm³/mol. The van der Waals surface area contributed by atoms with Gasteiger partial charge in [0.1, 0.15) is 6.04 Å². The lowest BCUT2D eigenvalue weighted by Gasteiger charge is -2.25. The van der Waals surface area contributed by atoms with Crippen molar-refractivity contribution in [2.75, 3.05) is 13.2 Å². The number of benzene rings is 1. The fourth-order valence-corrected chi connectivity index (χ4v) is 3.00. The summed E-state index contributed by atoms with van der Waals surface area (Å²) in [7, 11) is 0. The number of amides is 3. The van der Waals surface area contributed by atoms with Gasteiger partial charge in [0.05, 0.1) is 19.2 Å². The minimum Gasteiger partial charge on any atom is -0.480 e. The summed E-state index contributed by atoms with van der Waals surface area (Å²) < 4.78 is 5.08. The van der Waals surface area contributed by atoms with E-state index < -0.39 is 42.0 Å². The maximum absolute atomic E-state index is 12.6. The number of carboxylic acid groups (broad SMARTS) is 1.